The van der Waals surface area contributed by atoms with Crippen LogP contribution < -0.4 is 4.74 Å². The van der Waals surface area contributed by atoms with Crippen LogP contribution in [0.25, 0.3) is 5.57 Å². The van der Waals surface area contributed by atoms with Gasteiger partial charge in [-0.15, -0.1) is 0 Å². The van der Waals surface area contributed by atoms with Crippen LogP contribution in [-0.4, -0.2) is 6.61 Å². The number of unbranched alkanes of at least 4 members (excludes halogenated alkanes) is 4. The van der Waals surface area contributed by atoms with Crippen LogP contribution in [-0.2, 0) is 0 Å². The molecule has 0 N–H and O–H groups in total. The Morgan fingerprint density at radius 1 is 0.957 bits per heavy atom. The molecule has 1 aliphatic rings. The molecule has 0 saturated heterocycles. The number of allylic oxidation sites excluding steroid dienone is 2. The van der Waals surface area contributed by atoms with Crippen molar-refractivity contribution >= 4 is 5.57 Å². The zero-order chi connectivity index (χ0) is 16.3. The zero-order valence-corrected chi connectivity index (χ0v) is 15.2. The third-order valence-electron chi connectivity index (χ3n) is 4.98. The van der Waals surface area contributed by atoms with Crippen molar-refractivity contribution < 1.29 is 4.74 Å². The molecule has 0 saturated carbocycles. The summed E-state index contributed by atoms with van der Waals surface area (Å²) in [5, 5.41) is 0. The number of benzene rings is 1. The Labute approximate surface area is 143 Å². The highest BCUT2D eigenvalue weighted by atomic mass is 16.5. The SMILES string of the molecule is CCCCCOc1ccc(C2=CCC(CCCCC)CC2)cc1. The van der Waals surface area contributed by atoms with Crippen molar-refractivity contribution in [1.29, 1.82) is 0 Å². The topological polar surface area (TPSA) is 9.23 Å². The molecule has 1 atom stereocenters. The fourth-order valence-electron chi connectivity index (χ4n) is 3.40. The average Bonchev–Trinajstić information content (AvgIpc) is 2.60. The van der Waals surface area contributed by atoms with Gasteiger partial charge in [0.1, 0.15) is 5.75 Å². The fraction of sp³-hybridized carbons (Fsp3) is 0.636. The lowest BCUT2D eigenvalue weighted by Gasteiger charge is -2.22. The molecule has 0 spiro atoms. The van der Waals surface area contributed by atoms with E-state index in [0.29, 0.717) is 0 Å². The van der Waals surface area contributed by atoms with Crippen molar-refractivity contribution in [3.63, 3.8) is 0 Å². The Bertz CT molecular complexity index is 457. The molecule has 0 amide bonds. The van der Waals surface area contributed by atoms with E-state index in [-0.39, 0.29) is 0 Å². The molecule has 2 rings (SSSR count). The summed E-state index contributed by atoms with van der Waals surface area (Å²) < 4.78 is 5.80. The number of hydrogen-bond acceptors (Lipinski definition) is 1. The van der Waals surface area contributed by atoms with E-state index in [9.17, 15) is 0 Å². The van der Waals surface area contributed by atoms with Crippen LogP contribution >= 0.6 is 0 Å². The normalized spacial score (nSPS) is 17.8. The summed E-state index contributed by atoms with van der Waals surface area (Å²) in [6.07, 6.45) is 15.6. The molecule has 0 aliphatic heterocycles. The van der Waals surface area contributed by atoms with Crippen molar-refractivity contribution in [3.8, 4) is 5.75 Å². The van der Waals surface area contributed by atoms with Gasteiger partial charge in [-0.3, -0.25) is 0 Å². The monoisotopic (exact) mass is 314 g/mol. The minimum absolute atomic E-state index is 0.843. The molecule has 1 aliphatic carbocycles. The van der Waals surface area contributed by atoms with Crippen molar-refractivity contribution in [2.45, 2.75) is 78.1 Å². The van der Waals surface area contributed by atoms with Crippen molar-refractivity contribution in [3.05, 3.63) is 35.9 Å². The van der Waals surface area contributed by atoms with E-state index in [1.165, 1.54) is 68.9 Å². The Balaban J connectivity index is 1.78. The first kappa shape index (κ1) is 18.1. The molecule has 0 radical (unpaired) electrons. The molecule has 23 heavy (non-hydrogen) atoms. The summed E-state index contributed by atoms with van der Waals surface area (Å²) in [5.41, 5.74) is 2.92. The van der Waals surface area contributed by atoms with Crippen molar-refractivity contribution in [1.82, 2.24) is 0 Å². The van der Waals surface area contributed by atoms with Gasteiger partial charge < -0.3 is 4.74 Å². The Kier molecular flexibility index (Phi) is 8.28. The van der Waals surface area contributed by atoms with Gasteiger partial charge in [-0.25, -0.2) is 0 Å². The molecule has 1 heteroatoms. The minimum atomic E-state index is 0.843. The van der Waals surface area contributed by atoms with E-state index in [1.54, 1.807) is 0 Å². The Morgan fingerprint density at radius 2 is 1.70 bits per heavy atom. The van der Waals surface area contributed by atoms with Crippen molar-refractivity contribution in [2.24, 2.45) is 5.92 Å². The van der Waals surface area contributed by atoms with E-state index in [2.05, 4.69) is 44.2 Å². The fourth-order valence-corrected chi connectivity index (χ4v) is 3.40. The second-order valence-corrected chi connectivity index (χ2v) is 6.95. The van der Waals surface area contributed by atoms with E-state index >= 15 is 0 Å². The van der Waals surface area contributed by atoms with Crippen LogP contribution in [0.2, 0.25) is 0 Å². The van der Waals surface area contributed by atoms with E-state index in [4.69, 9.17) is 4.74 Å². The molecule has 0 fully saturated rings. The molecule has 1 nitrogen and oxygen atoms in total. The van der Waals surface area contributed by atoms with E-state index in [1.807, 2.05) is 0 Å². The lowest BCUT2D eigenvalue weighted by atomic mass is 9.84. The summed E-state index contributed by atoms with van der Waals surface area (Å²) >= 11 is 0. The molecule has 128 valence electrons. The second-order valence-electron chi connectivity index (χ2n) is 6.95. The summed E-state index contributed by atoms with van der Waals surface area (Å²) in [6.45, 7) is 5.35. The molecule has 0 bridgehead atoms. The summed E-state index contributed by atoms with van der Waals surface area (Å²) in [4.78, 5) is 0. The number of ether oxygens (including phenoxy) is 1. The van der Waals surface area contributed by atoms with Gasteiger partial charge in [-0.2, -0.15) is 0 Å². The second kappa shape index (κ2) is 10.5. The Hall–Kier alpha value is -1.24. The van der Waals surface area contributed by atoms with Gasteiger partial charge in [0.15, 0.2) is 0 Å². The van der Waals surface area contributed by atoms with Crippen LogP contribution in [0.5, 0.6) is 5.75 Å². The molecule has 1 unspecified atom stereocenters. The summed E-state index contributed by atoms with van der Waals surface area (Å²) in [6, 6.07) is 8.74. The van der Waals surface area contributed by atoms with Crippen LogP contribution in [0.15, 0.2) is 30.3 Å². The largest absolute Gasteiger partial charge is 0.494 e. The molecule has 1 aromatic carbocycles. The minimum Gasteiger partial charge on any atom is -0.494 e. The van der Waals surface area contributed by atoms with Gasteiger partial charge in [0.25, 0.3) is 0 Å². The van der Waals surface area contributed by atoms with Gasteiger partial charge in [0, 0.05) is 0 Å². The van der Waals surface area contributed by atoms with Crippen LogP contribution in [0, 0.1) is 5.92 Å². The number of rotatable bonds is 10. The smallest absolute Gasteiger partial charge is 0.119 e. The lowest BCUT2D eigenvalue weighted by Crippen LogP contribution is -2.05. The third kappa shape index (κ3) is 6.41. The highest BCUT2D eigenvalue weighted by molar-refractivity contribution is 5.66. The summed E-state index contributed by atoms with van der Waals surface area (Å²) in [5.74, 6) is 1.94. The predicted octanol–water partition coefficient (Wildman–Crippen LogP) is 7.02. The van der Waals surface area contributed by atoms with Crippen LogP contribution in [0.1, 0.15) is 83.6 Å². The maximum absolute atomic E-state index is 5.80. The van der Waals surface area contributed by atoms with Crippen LogP contribution in [0.4, 0.5) is 0 Å². The number of hydrogen-bond donors (Lipinski definition) is 0. The molecule has 0 aromatic heterocycles. The highest BCUT2D eigenvalue weighted by Gasteiger charge is 2.15. The first-order valence-electron chi connectivity index (χ1n) is 9.75. The van der Waals surface area contributed by atoms with Gasteiger partial charge >= 0.3 is 0 Å². The molecular weight excluding hydrogens is 280 g/mol. The molecule has 1 aromatic rings. The van der Waals surface area contributed by atoms with Gasteiger partial charge in [-0.1, -0.05) is 70.6 Å². The van der Waals surface area contributed by atoms with Crippen molar-refractivity contribution in [2.75, 3.05) is 6.61 Å². The highest BCUT2D eigenvalue weighted by Crippen LogP contribution is 2.33. The molecule has 0 heterocycles. The standard InChI is InChI=1S/C22H34O/c1-3-5-7-9-19-10-12-20(13-11-19)21-14-16-22(17-15-21)23-18-8-6-4-2/h12,14-17,19H,3-11,13,18H2,1-2H3. The summed E-state index contributed by atoms with van der Waals surface area (Å²) in [7, 11) is 0. The van der Waals surface area contributed by atoms with E-state index in [0.717, 1.165) is 24.7 Å². The quantitative estimate of drug-likeness (QED) is 0.422. The third-order valence-corrected chi connectivity index (χ3v) is 4.98. The van der Waals surface area contributed by atoms with Gasteiger partial charge in [-0.05, 0) is 54.9 Å². The van der Waals surface area contributed by atoms with Gasteiger partial charge in [0.2, 0.25) is 0 Å². The van der Waals surface area contributed by atoms with E-state index < -0.39 is 0 Å². The predicted molar refractivity (Wildman–Crippen MR) is 101 cm³/mol. The first-order chi connectivity index (χ1) is 11.3. The lowest BCUT2D eigenvalue weighted by molar-refractivity contribution is 0.306. The van der Waals surface area contributed by atoms with Gasteiger partial charge in [0.05, 0.1) is 6.61 Å². The zero-order valence-electron chi connectivity index (χ0n) is 15.2. The maximum Gasteiger partial charge on any atom is 0.119 e. The van der Waals surface area contributed by atoms with Crippen LogP contribution in [0.3, 0.4) is 0 Å². The first-order valence-corrected chi connectivity index (χ1v) is 9.75. The average molecular weight is 315 g/mol. The maximum atomic E-state index is 5.80. The molecular formula is C22H34O. The Morgan fingerprint density at radius 3 is 2.35 bits per heavy atom.